The van der Waals surface area contributed by atoms with E-state index in [2.05, 4.69) is 17.2 Å². The van der Waals surface area contributed by atoms with Gasteiger partial charge in [0.2, 0.25) is 0 Å². The molecule has 2 rings (SSSR count). The largest absolute Gasteiger partial charge is 0.398 e. The quantitative estimate of drug-likeness (QED) is 0.868. The number of anilines is 1. The topological polar surface area (TPSA) is 50.9 Å². The number of nitrogens with two attached hydrogens (primary N) is 1. The van der Waals surface area contributed by atoms with E-state index in [1.165, 1.54) is 12.1 Å². The number of aromatic nitrogens is 1. The summed E-state index contributed by atoms with van der Waals surface area (Å²) in [4.78, 5) is 4.12. The van der Waals surface area contributed by atoms with Crippen molar-refractivity contribution in [3.05, 3.63) is 59.7 Å². The zero-order valence-electron chi connectivity index (χ0n) is 10.9. The van der Waals surface area contributed by atoms with E-state index in [4.69, 9.17) is 5.73 Å². The number of hydrogen-bond acceptors (Lipinski definition) is 3. The molecule has 0 bridgehead atoms. The van der Waals surface area contributed by atoms with Crippen LogP contribution in [0.2, 0.25) is 0 Å². The molecule has 3 N–H and O–H groups in total. The van der Waals surface area contributed by atoms with E-state index < -0.39 is 0 Å². The lowest BCUT2D eigenvalue weighted by molar-refractivity contribution is 0.593. The van der Waals surface area contributed by atoms with Crippen molar-refractivity contribution in [3.63, 3.8) is 0 Å². The Bertz CT molecular complexity index is 525. The second kappa shape index (κ2) is 6.29. The highest BCUT2D eigenvalue weighted by Gasteiger charge is 2.16. The van der Waals surface area contributed by atoms with Crippen molar-refractivity contribution in [1.82, 2.24) is 10.3 Å². The normalized spacial score (nSPS) is 12.3. The Morgan fingerprint density at radius 3 is 2.63 bits per heavy atom. The summed E-state index contributed by atoms with van der Waals surface area (Å²) in [7, 11) is 0. The first-order chi connectivity index (χ1) is 9.22. The third-order valence-corrected chi connectivity index (χ3v) is 3.00. The summed E-state index contributed by atoms with van der Waals surface area (Å²) >= 11 is 0. The van der Waals surface area contributed by atoms with Crippen LogP contribution in [-0.4, -0.2) is 11.5 Å². The predicted molar refractivity (Wildman–Crippen MR) is 75.2 cm³/mol. The van der Waals surface area contributed by atoms with Gasteiger partial charge in [0.15, 0.2) is 0 Å². The Labute approximate surface area is 112 Å². The molecule has 0 saturated heterocycles. The molecule has 0 fully saturated rings. The van der Waals surface area contributed by atoms with Gasteiger partial charge in [-0.05, 0) is 36.7 Å². The van der Waals surface area contributed by atoms with Crippen LogP contribution in [-0.2, 0) is 0 Å². The summed E-state index contributed by atoms with van der Waals surface area (Å²) in [5, 5.41) is 3.42. The minimum absolute atomic E-state index is 0.0609. The smallest absolute Gasteiger partial charge is 0.123 e. The first-order valence-corrected chi connectivity index (χ1v) is 6.40. The van der Waals surface area contributed by atoms with Gasteiger partial charge in [-0.3, -0.25) is 4.98 Å². The lowest BCUT2D eigenvalue weighted by Gasteiger charge is -2.20. The van der Waals surface area contributed by atoms with Gasteiger partial charge < -0.3 is 11.1 Å². The van der Waals surface area contributed by atoms with E-state index in [0.717, 1.165) is 24.1 Å². The Kier molecular flexibility index (Phi) is 4.47. The number of pyridine rings is 1. The molecule has 0 aliphatic heterocycles. The number of rotatable bonds is 5. The van der Waals surface area contributed by atoms with Crippen LogP contribution in [0.1, 0.15) is 30.5 Å². The summed E-state index contributed by atoms with van der Waals surface area (Å²) < 4.78 is 13.0. The standard InChI is InChI=1S/C15H18FN3/c1-2-8-19-15(11-3-5-12(16)6-4-11)13-10-18-9-7-14(13)17/h3-7,9-10,15,19H,2,8H2,1H3,(H2,17,18). The minimum Gasteiger partial charge on any atom is -0.398 e. The molecule has 1 aromatic heterocycles. The summed E-state index contributed by atoms with van der Waals surface area (Å²) in [5.41, 5.74) is 8.59. The third-order valence-electron chi connectivity index (χ3n) is 3.00. The van der Waals surface area contributed by atoms with Crippen LogP contribution in [0.3, 0.4) is 0 Å². The van der Waals surface area contributed by atoms with Crippen molar-refractivity contribution in [2.75, 3.05) is 12.3 Å². The van der Waals surface area contributed by atoms with E-state index in [1.54, 1.807) is 30.6 Å². The lowest BCUT2D eigenvalue weighted by atomic mass is 9.98. The number of nitrogens with zero attached hydrogens (tertiary/aromatic N) is 1. The van der Waals surface area contributed by atoms with Crippen molar-refractivity contribution in [2.24, 2.45) is 0 Å². The molecule has 0 aliphatic rings. The number of benzene rings is 1. The highest BCUT2D eigenvalue weighted by molar-refractivity contribution is 5.49. The van der Waals surface area contributed by atoms with Gasteiger partial charge in [-0.1, -0.05) is 19.1 Å². The molecule has 1 atom stereocenters. The van der Waals surface area contributed by atoms with Crippen LogP contribution in [0.25, 0.3) is 0 Å². The molecule has 2 aromatic rings. The van der Waals surface area contributed by atoms with Crippen molar-refractivity contribution < 1.29 is 4.39 Å². The zero-order valence-corrected chi connectivity index (χ0v) is 10.9. The summed E-state index contributed by atoms with van der Waals surface area (Å²) in [6.07, 6.45) is 4.43. The lowest BCUT2D eigenvalue weighted by Crippen LogP contribution is -2.24. The average Bonchev–Trinajstić information content (AvgIpc) is 2.43. The molecule has 3 nitrogen and oxygen atoms in total. The highest BCUT2D eigenvalue weighted by atomic mass is 19.1. The van der Waals surface area contributed by atoms with Gasteiger partial charge in [-0.2, -0.15) is 0 Å². The van der Waals surface area contributed by atoms with Crippen molar-refractivity contribution in [3.8, 4) is 0 Å². The van der Waals surface area contributed by atoms with Crippen LogP contribution in [0.5, 0.6) is 0 Å². The molecule has 0 spiro atoms. The van der Waals surface area contributed by atoms with Crippen LogP contribution in [0.4, 0.5) is 10.1 Å². The summed E-state index contributed by atoms with van der Waals surface area (Å²) in [5.74, 6) is -0.239. The highest BCUT2D eigenvalue weighted by Crippen LogP contribution is 2.26. The van der Waals surface area contributed by atoms with Gasteiger partial charge >= 0.3 is 0 Å². The third kappa shape index (κ3) is 3.29. The summed E-state index contributed by atoms with van der Waals surface area (Å²) in [6, 6.07) is 8.18. The fraction of sp³-hybridized carbons (Fsp3) is 0.267. The maximum Gasteiger partial charge on any atom is 0.123 e. The molecule has 0 amide bonds. The molecule has 0 aliphatic carbocycles. The molecule has 1 aromatic carbocycles. The van der Waals surface area contributed by atoms with Crippen LogP contribution in [0, 0.1) is 5.82 Å². The molecule has 4 heteroatoms. The zero-order chi connectivity index (χ0) is 13.7. The van der Waals surface area contributed by atoms with Gasteiger partial charge in [-0.15, -0.1) is 0 Å². The molecule has 0 radical (unpaired) electrons. The Morgan fingerprint density at radius 2 is 2.00 bits per heavy atom. The fourth-order valence-corrected chi connectivity index (χ4v) is 2.01. The number of nitrogens with one attached hydrogen (secondary N) is 1. The van der Waals surface area contributed by atoms with E-state index in [9.17, 15) is 4.39 Å². The van der Waals surface area contributed by atoms with Gasteiger partial charge in [0.05, 0.1) is 6.04 Å². The number of hydrogen-bond donors (Lipinski definition) is 2. The van der Waals surface area contributed by atoms with E-state index in [-0.39, 0.29) is 11.9 Å². The van der Waals surface area contributed by atoms with Crippen LogP contribution >= 0.6 is 0 Å². The van der Waals surface area contributed by atoms with Crippen molar-refractivity contribution >= 4 is 5.69 Å². The Morgan fingerprint density at radius 1 is 1.26 bits per heavy atom. The minimum atomic E-state index is -0.239. The molecule has 19 heavy (non-hydrogen) atoms. The van der Waals surface area contributed by atoms with Gasteiger partial charge in [-0.25, -0.2) is 4.39 Å². The van der Waals surface area contributed by atoms with Crippen molar-refractivity contribution in [2.45, 2.75) is 19.4 Å². The van der Waals surface area contributed by atoms with Gasteiger partial charge in [0.1, 0.15) is 5.82 Å². The maximum atomic E-state index is 13.0. The summed E-state index contributed by atoms with van der Waals surface area (Å²) in [6.45, 7) is 2.96. The predicted octanol–water partition coefficient (Wildman–Crippen LogP) is 2.89. The second-order valence-corrected chi connectivity index (χ2v) is 4.44. The van der Waals surface area contributed by atoms with E-state index in [1.807, 2.05) is 0 Å². The number of halogens is 1. The first kappa shape index (κ1) is 13.5. The molecular weight excluding hydrogens is 241 g/mol. The molecule has 1 heterocycles. The second-order valence-electron chi connectivity index (χ2n) is 4.44. The molecule has 100 valence electrons. The van der Waals surface area contributed by atoms with Gasteiger partial charge in [0.25, 0.3) is 0 Å². The maximum absolute atomic E-state index is 13.0. The van der Waals surface area contributed by atoms with E-state index in [0.29, 0.717) is 5.69 Å². The Balaban J connectivity index is 2.35. The molecular formula is C15H18FN3. The monoisotopic (exact) mass is 259 g/mol. The van der Waals surface area contributed by atoms with Crippen molar-refractivity contribution in [1.29, 1.82) is 0 Å². The van der Waals surface area contributed by atoms with Gasteiger partial charge in [0, 0.05) is 23.6 Å². The average molecular weight is 259 g/mol. The fourth-order valence-electron chi connectivity index (χ4n) is 2.01. The molecule has 0 saturated carbocycles. The SMILES string of the molecule is CCCNC(c1ccc(F)cc1)c1cnccc1N. The van der Waals surface area contributed by atoms with Crippen LogP contribution < -0.4 is 11.1 Å². The van der Waals surface area contributed by atoms with E-state index >= 15 is 0 Å². The van der Waals surface area contributed by atoms with Crippen LogP contribution in [0.15, 0.2) is 42.7 Å². The number of nitrogen functional groups attached to an aromatic ring is 1. The first-order valence-electron chi connectivity index (χ1n) is 6.40. The Hall–Kier alpha value is -1.94. The molecule has 1 unspecified atom stereocenters.